The zero-order chi connectivity index (χ0) is 17.9. The van der Waals surface area contributed by atoms with Crippen molar-refractivity contribution in [2.45, 2.75) is 19.0 Å². The summed E-state index contributed by atoms with van der Waals surface area (Å²) in [7, 11) is 0. The number of amides is 1. The molecule has 0 saturated heterocycles. The molecule has 132 valence electrons. The number of benzene rings is 2. The highest BCUT2D eigenvalue weighted by Crippen LogP contribution is 2.33. The van der Waals surface area contributed by atoms with Crippen molar-refractivity contribution in [3.63, 3.8) is 0 Å². The second-order valence-corrected chi connectivity index (χ2v) is 5.60. The van der Waals surface area contributed by atoms with Crippen molar-refractivity contribution in [2.75, 3.05) is 18.5 Å². The summed E-state index contributed by atoms with van der Waals surface area (Å²) in [5.74, 6) is 0.893. The van der Waals surface area contributed by atoms with Gasteiger partial charge in [-0.2, -0.15) is 13.2 Å². The number of nitrogens with one attached hydrogen (secondary N) is 1. The number of ether oxygens (including phenoxy) is 2. The van der Waals surface area contributed by atoms with Gasteiger partial charge >= 0.3 is 6.18 Å². The molecule has 1 heterocycles. The first kappa shape index (κ1) is 17.1. The average Bonchev–Trinajstić information content (AvgIpc) is 2.59. The summed E-state index contributed by atoms with van der Waals surface area (Å²) in [5.41, 5.74) is 0.308. The normalized spacial score (nSPS) is 13.4. The maximum absolute atomic E-state index is 12.7. The van der Waals surface area contributed by atoms with Crippen LogP contribution in [0.1, 0.15) is 17.5 Å². The highest BCUT2D eigenvalue weighted by Gasteiger charge is 2.30. The maximum atomic E-state index is 12.7. The number of carbonyl (C=O) groups is 1. The number of hydrogen-bond donors (Lipinski definition) is 1. The van der Waals surface area contributed by atoms with Gasteiger partial charge in [-0.25, -0.2) is 0 Å². The average molecular weight is 351 g/mol. The monoisotopic (exact) mass is 351 g/mol. The van der Waals surface area contributed by atoms with Gasteiger partial charge in [-0.15, -0.1) is 0 Å². The van der Waals surface area contributed by atoms with Gasteiger partial charge in [-0.1, -0.05) is 18.2 Å². The van der Waals surface area contributed by atoms with Gasteiger partial charge in [-0.05, 0) is 30.2 Å². The van der Waals surface area contributed by atoms with E-state index in [1.807, 2.05) is 0 Å². The van der Waals surface area contributed by atoms with E-state index in [0.717, 1.165) is 12.1 Å². The minimum Gasteiger partial charge on any atom is -0.486 e. The Morgan fingerprint density at radius 2 is 1.80 bits per heavy atom. The molecule has 25 heavy (non-hydrogen) atoms. The van der Waals surface area contributed by atoms with E-state index in [1.54, 1.807) is 24.3 Å². The zero-order valence-corrected chi connectivity index (χ0v) is 13.2. The molecule has 7 heteroatoms. The first-order chi connectivity index (χ1) is 11.9. The molecule has 0 spiro atoms. The third-order valence-electron chi connectivity index (χ3n) is 3.72. The molecule has 0 atom stereocenters. The van der Waals surface area contributed by atoms with Gasteiger partial charge in [0.2, 0.25) is 5.91 Å². The lowest BCUT2D eigenvalue weighted by atomic mass is 10.1. The zero-order valence-electron chi connectivity index (χ0n) is 13.2. The van der Waals surface area contributed by atoms with Gasteiger partial charge in [-0.3, -0.25) is 4.79 Å². The molecule has 0 bridgehead atoms. The highest BCUT2D eigenvalue weighted by atomic mass is 19.4. The number of aryl methyl sites for hydroxylation is 1. The lowest BCUT2D eigenvalue weighted by molar-refractivity contribution is -0.137. The molecule has 1 amide bonds. The molecule has 1 aliphatic heterocycles. The summed E-state index contributed by atoms with van der Waals surface area (Å²) >= 11 is 0. The quantitative estimate of drug-likeness (QED) is 0.904. The third-order valence-corrected chi connectivity index (χ3v) is 3.72. The van der Waals surface area contributed by atoms with E-state index in [0.29, 0.717) is 36.0 Å². The van der Waals surface area contributed by atoms with Crippen LogP contribution in [0.4, 0.5) is 18.9 Å². The number of anilines is 1. The van der Waals surface area contributed by atoms with Crippen LogP contribution >= 0.6 is 0 Å². The fraction of sp³-hybridized carbons (Fsp3) is 0.278. The van der Waals surface area contributed by atoms with Gasteiger partial charge in [0, 0.05) is 18.2 Å². The van der Waals surface area contributed by atoms with Crippen LogP contribution in [-0.4, -0.2) is 19.1 Å². The predicted octanol–water partition coefficient (Wildman–Crippen LogP) is 4.05. The molecule has 2 aromatic carbocycles. The van der Waals surface area contributed by atoms with Gasteiger partial charge in [0.15, 0.2) is 11.5 Å². The SMILES string of the molecule is O=C(CCc1cccc(C(F)(F)F)c1)Nc1ccc2c(c1)OCCO2. The topological polar surface area (TPSA) is 47.6 Å². The van der Waals surface area contributed by atoms with E-state index >= 15 is 0 Å². The van der Waals surface area contributed by atoms with Crippen LogP contribution in [0.15, 0.2) is 42.5 Å². The van der Waals surface area contributed by atoms with Crippen molar-refractivity contribution in [1.29, 1.82) is 0 Å². The van der Waals surface area contributed by atoms with Crippen molar-refractivity contribution in [2.24, 2.45) is 0 Å². The van der Waals surface area contributed by atoms with Crippen LogP contribution in [0.5, 0.6) is 11.5 Å². The van der Waals surface area contributed by atoms with Gasteiger partial charge < -0.3 is 14.8 Å². The number of carbonyl (C=O) groups excluding carboxylic acids is 1. The van der Waals surface area contributed by atoms with Crippen molar-refractivity contribution in [3.05, 3.63) is 53.6 Å². The fourth-order valence-corrected chi connectivity index (χ4v) is 2.51. The Bertz CT molecular complexity index is 774. The summed E-state index contributed by atoms with van der Waals surface area (Å²) in [5, 5.41) is 2.71. The Labute approximate surface area is 142 Å². The molecular weight excluding hydrogens is 335 g/mol. The highest BCUT2D eigenvalue weighted by molar-refractivity contribution is 5.91. The Morgan fingerprint density at radius 3 is 2.56 bits per heavy atom. The second-order valence-electron chi connectivity index (χ2n) is 5.60. The number of rotatable bonds is 4. The van der Waals surface area contributed by atoms with E-state index < -0.39 is 11.7 Å². The van der Waals surface area contributed by atoms with E-state index in [9.17, 15) is 18.0 Å². The summed E-state index contributed by atoms with van der Waals surface area (Å²) < 4.78 is 48.9. The third kappa shape index (κ3) is 4.43. The Kier molecular flexibility index (Phi) is 4.83. The summed E-state index contributed by atoms with van der Waals surface area (Å²) in [6, 6.07) is 10.1. The number of hydrogen-bond acceptors (Lipinski definition) is 3. The smallest absolute Gasteiger partial charge is 0.416 e. The number of halogens is 3. The molecule has 1 aliphatic rings. The van der Waals surface area contributed by atoms with E-state index in [4.69, 9.17) is 9.47 Å². The fourth-order valence-electron chi connectivity index (χ4n) is 2.51. The summed E-state index contributed by atoms with van der Waals surface area (Å²) in [6.07, 6.45) is -4.08. The van der Waals surface area contributed by atoms with E-state index in [-0.39, 0.29) is 18.7 Å². The van der Waals surface area contributed by atoms with Crippen LogP contribution in [-0.2, 0) is 17.4 Å². The van der Waals surface area contributed by atoms with Crippen LogP contribution in [0.3, 0.4) is 0 Å². The number of fused-ring (bicyclic) bond motifs is 1. The van der Waals surface area contributed by atoms with Gasteiger partial charge in [0.25, 0.3) is 0 Å². The summed E-state index contributed by atoms with van der Waals surface area (Å²) in [6.45, 7) is 0.926. The maximum Gasteiger partial charge on any atom is 0.416 e. The Morgan fingerprint density at radius 1 is 1.04 bits per heavy atom. The molecule has 4 nitrogen and oxygen atoms in total. The predicted molar refractivity (Wildman–Crippen MR) is 85.8 cm³/mol. The van der Waals surface area contributed by atoms with Gasteiger partial charge in [0.05, 0.1) is 5.56 Å². The van der Waals surface area contributed by atoms with Crippen molar-refractivity contribution < 1.29 is 27.4 Å². The summed E-state index contributed by atoms with van der Waals surface area (Å²) in [4.78, 5) is 12.0. The second kappa shape index (κ2) is 7.04. The Hall–Kier alpha value is -2.70. The van der Waals surface area contributed by atoms with Crippen molar-refractivity contribution in [3.8, 4) is 11.5 Å². The molecule has 2 aromatic rings. The molecule has 0 fully saturated rings. The van der Waals surface area contributed by atoms with E-state index in [1.165, 1.54) is 6.07 Å². The molecule has 0 aromatic heterocycles. The first-order valence-corrected chi connectivity index (χ1v) is 7.77. The van der Waals surface area contributed by atoms with Crippen molar-refractivity contribution in [1.82, 2.24) is 0 Å². The molecule has 1 N–H and O–H groups in total. The van der Waals surface area contributed by atoms with Gasteiger partial charge in [0.1, 0.15) is 13.2 Å². The molecule has 0 aliphatic carbocycles. The van der Waals surface area contributed by atoms with Crippen LogP contribution in [0.2, 0.25) is 0 Å². The molecule has 0 unspecified atom stereocenters. The van der Waals surface area contributed by atoms with E-state index in [2.05, 4.69) is 5.32 Å². The van der Waals surface area contributed by atoms with Crippen molar-refractivity contribution >= 4 is 11.6 Å². The van der Waals surface area contributed by atoms with Crippen LogP contribution in [0, 0.1) is 0 Å². The molecule has 0 radical (unpaired) electrons. The minimum absolute atomic E-state index is 0.0791. The van der Waals surface area contributed by atoms with Crippen LogP contribution in [0.25, 0.3) is 0 Å². The lowest BCUT2D eigenvalue weighted by Gasteiger charge is -2.19. The minimum atomic E-state index is -4.39. The number of alkyl halides is 3. The molecule has 3 rings (SSSR count). The molecular formula is C18H16F3NO3. The Balaban J connectivity index is 1.58. The first-order valence-electron chi connectivity index (χ1n) is 7.77. The lowest BCUT2D eigenvalue weighted by Crippen LogP contribution is -2.16. The largest absolute Gasteiger partial charge is 0.486 e. The van der Waals surface area contributed by atoms with Crippen LogP contribution < -0.4 is 14.8 Å². The molecule has 0 saturated carbocycles. The standard InChI is InChI=1S/C18H16F3NO3/c19-18(20,21)13-3-1-2-12(10-13)4-7-17(23)22-14-5-6-15-16(11-14)25-9-8-24-15/h1-3,5-6,10-11H,4,7-9H2,(H,22,23).